The van der Waals surface area contributed by atoms with Gasteiger partial charge in [0.05, 0.1) is 6.04 Å². The number of nitrogens with one attached hydrogen (secondary N) is 1. The lowest BCUT2D eigenvalue weighted by Crippen LogP contribution is -2.41. The van der Waals surface area contributed by atoms with E-state index in [1.807, 2.05) is 0 Å². The molecule has 0 fully saturated rings. The smallest absolute Gasteiger partial charge is 0.217 e. The second kappa shape index (κ2) is 16.6. The second-order valence-electron chi connectivity index (χ2n) is 7.88. The van der Waals surface area contributed by atoms with Crippen molar-refractivity contribution in [3.63, 3.8) is 0 Å². The molecule has 0 saturated heterocycles. The number of carbonyl (C=O) groups is 2. The Balaban J connectivity index is 3.54. The van der Waals surface area contributed by atoms with Crippen molar-refractivity contribution in [2.75, 3.05) is 0 Å². The highest BCUT2D eigenvalue weighted by Crippen LogP contribution is 2.21. The van der Waals surface area contributed by atoms with Gasteiger partial charge in [0.15, 0.2) is 0 Å². The first kappa shape index (κ1) is 24.1. The van der Waals surface area contributed by atoms with Gasteiger partial charge in [-0.2, -0.15) is 0 Å². The lowest BCUT2D eigenvalue weighted by molar-refractivity contribution is -0.123. The molecule has 0 aromatic rings. The molecule has 0 radical (unpaired) electrons. The average molecular weight is 354 g/mol. The Hall–Kier alpha value is -0.860. The zero-order valence-electron chi connectivity index (χ0n) is 17.3. The number of aldehydes is 1. The highest BCUT2D eigenvalue weighted by molar-refractivity contribution is 5.77. The molecular formula is C22H43NO2. The summed E-state index contributed by atoms with van der Waals surface area (Å²) < 4.78 is 0. The van der Waals surface area contributed by atoms with Crippen LogP contribution in [0.15, 0.2) is 0 Å². The summed E-state index contributed by atoms with van der Waals surface area (Å²) >= 11 is 0. The molecule has 0 aliphatic rings. The topological polar surface area (TPSA) is 46.2 Å². The molecule has 0 saturated carbocycles. The van der Waals surface area contributed by atoms with Crippen LogP contribution in [-0.4, -0.2) is 18.2 Å². The van der Waals surface area contributed by atoms with Crippen LogP contribution in [0.25, 0.3) is 0 Å². The third kappa shape index (κ3) is 14.0. The molecule has 0 spiro atoms. The molecule has 3 heteroatoms. The number of unbranched alkanes of at least 4 members (excludes halogenated alkanes) is 11. The minimum atomic E-state index is -0.343. The minimum absolute atomic E-state index is 0.124. The van der Waals surface area contributed by atoms with Crippen molar-refractivity contribution < 1.29 is 9.59 Å². The number of hydrogen-bond donors (Lipinski definition) is 1. The predicted molar refractivity (Wildman–Crippen MR) is 108 cm³/mol. The van der Waals surface area contributed by atoms with Crippen LogP contribution in [-0.2, 0) is 9.59 Å². The van der Waals surface area contributed by atoms with E-state index in [-0.39, 0.29) is 17.9 Å². The molecule has 0 heterocycles. The van der Waals surface area contributed by atoms with E-state index in [2.05, 4.69) is 26.1 Å². The lowest BCUT2D eigenvalue weighted by Gasteiger charge is -2.25. The Morgan fingerprint density at radius 1 is 0.840 bits per heavy atom. The fourth-order valence-corrected chi connectivity index (χ4v) is 3.45. The Labute approximate surface area is 156 Å². The maximum Gasteiger partial charge on any atom is 0.217 e. The first-order chi connectivity index (χ1) is 12.0. The van der Waals surface area contributed by atoms with Crippen LogP contribution in [0.3, 0.4) is 0 Å². The molecule has 3 atom stereocenters. The number of carbonyl (C=O) groups excluding carboxylic acids is 2. The van der Waals surface area contributed by atoms with Gasteiger partial charge in [-0.25, -0.2) is 0 Å². The molecule has 0 rings (SSSR count). The van der Waals surface area contributed by atoms with Gasteiger partial charge >= 0.3 is 0 Å². The second-order valence-corrected chi connectivity index (χ2v) is 7.88. The van der Waals surface area contributed by atoms with Crippen molar-refractivity contribution in [2.45, 2.75) is 117 Å². The van der Waals surface area contributed by atoms with Gasteiger partial charge in [-0.1, -0.05) is 104 Å². The largest absolute Gasteiger partial charge is 0.347 e. The number of rotatable bonds is 17. The maximum absolute atomic E-state index is 11.1. The van der Waals surface area contributed by atoms with Crippen LogP contribution in [0.4, 0.5) is 0 Å². The highest BCUT2D eigenvalue weighted by Gasteiger charge is 2.22. The Morgan fingerprint density at radius 2 is 1.28 bits per heavy atom. The lowest BCUT2D eigenvalue weighted by atomic mass is 9.85. The van der Waals surface area contributed by atoms with Gasteiger partial charge in [0.1, 0.15) is 6.29 Å². The molecule has 3 nitrogen and oxygen atoms in total. The maximum atomic E-state index is 11.1. The molecule has 0 aromatic heterocycles. The van der Waals surface area contributed by atoms with E-state index < -0.39 is 0 Å². The molecule has 0 bridgehead atoms. The van der Waals surface area contributed by atoms with Crippen LogP contribution < -0.4 is 5.32 Å². The molecule has 0 aromatic carbocycles. The Kier molecular flexibility index (Phi) is 16.0. The van der Waals surface area contributed by atoms with Crippen LogP contribution in [0.1, 0.15) is 111 Å². The molecule has 1 amide bonds. The first-order valence-electron chi connectivity index (χ1n) is 10.7. The molecule has 0 aliphatic carbocycles. The summed E-state index contributed by atoms with van der Waals surface area (Å²) in [6.07, 6.45) is 18.4. The molecule has 148 valence electrons. The van der Waals surface area contributed by atoms with E-state index in [1.54, 1.807) is 0 Å². The quantitative estimate of drug-likeness (QED) is 0.255. The van der Waals surface area contributed by atoms with Crippen LogP contribution in [0.5, 0.6) is 0 Å². The van der Waals surface area contributed by atoms with Gasteiger partial charge in [0, 0.05) is 6.92 Å². The summed E-state index contributed by atoms with van der Waals surface area (Å²) in [6, 6.07) is -0.343. The molecule has 1 N–H and O–H groups in total. The van der Waals surface area contributed by atoms with Gasteiger partial charge in [0.25, 0.3) is 0 Å². The fraction of sp³-hybridized carbons (Fsp3) is 0.909. The molecule has 25 heavy (non-hydrogen) atoms. The van der Waals surface area contributed by atoms with Crippen molar-refractivity contribution in [1.82, 2.24) is 5.32 Å². The minimum Gasteiger partial charge on any atom is -0.347 e. The van der Waals surface area contributed by atoms with Gasteiger partial charge in [-0.15, -0.1) is 0 Å². The monoisotopic (exact) mass is 353 g/mol. The van der Waals surface area contributed by atoms with Crippen molar-refractivity contribution in [1.29, 1.82) is 0 Å². The van der Waals surface area contributed by atoms with Gasteiger partial charge < -0.3 is 10.1 Å². The third-order valence-corrected chi connectivity index (χ3v) is 5.49. The summed E-state index contributed by atoms with van der Waals surface area (Å²) in [5.74, 6) is 0.542. The molecule has 0 aliphatic heterocycles. The first-order valence-corrected chi connectivity index (χ1v) is 10.7. The zero-order chi connectivity index (χ0) is 18.9. The summed E-state index contributed by atoms with van der Waals surface area (Å²) in [5, 5.41) is 2.75. The van der Waals surface area contributed by atoms with Gasteiger partial charge in [0.2, 0.25) is 5.91 Å². The van der Waals surface area contributed by atoms with E-state index in [1.165, 1.54) is 84.0 Å². The van der Waals surface area contributed by atoms with E-state index in [4.69, 9.17) is 0 Å². The van der Waals surface area contributed by atoms with E-state index >= 15 is 0 Å². The summed E-state index contributed by atoms with van der Waals surface area (Å²) in [7, 11) is 0. The van der Waals surface area contributed by atoms with Crippen molar-refractivity contribution in [3.8, 4) is 0 Å². The van der Waals surface area contributed by atoms with E-state index in [9.17, 15) is 9.59 Å². The van der Waals surface area contributed by atoms with Crippen molar-refractivity contribution in [3.05, 3.63) is 0 Å². The standard InChI is InChI=1S/C22H43NO2/c1-5-6-7-8-9-10-11-12-13-14-15-16-17-19(2)20(3)22(18-24)23-21(4)25/h18-20,22H,5-17H2,1-4H3,(H,23,25)/t19-,20-,22+/m1/s1. The number of hydrogen-bond acceptors (Lipinski definition) is 2. The van der Waals surface area contributed by atoms with E-state index in [0.717, 1.165) is 12.7 Å². The fourth-order valence-electron chi connectivity index (χ4n) is 3.45. The van der Waals surface area contributed by atoms with Crippen LogP contribution in [0, 0.1) is 11.8 Å². The average Bonchev–Trinajstić information content (AvgIpc) is 2.59. The van der Waals surface area contributed by atoms with E-state index in [0.29, 0.717) is 5.92 Å². The normalized spacial score (nSPS) is 14.7. The Morgan fingerprint density at radius 3 is 1.68 bits per heavy atom. The summed E-state index contributed by atoms with van der Waals surface area (Å²) in [5.41, 5.74) is 0. The number of amides is 1. The van der Waals surface area contributed by atoms with Crippen molar-refractivity contribution in [2.24, 2.45) is 11.8 Å². The highest BCUT2D eigenvalue weighted by atomic mass is 16.2. The Bertz CT molecular complexity index is 330. The zero-order valence-corrected chi connectivity index (χ0v) is 17.3. The SMILES string of the molecule is CCCCCCCCCCCCCC[C@@H](C)[C@@H](C)[C@H](C=O)NC(C)=O. The van der Waals surface area contributed by atoms with Gasteiger partial charge in [-0.3, -0.25) is 4.79 Å². The van der Waals surface area contributed by atoms with Gasteiger partial charge in [-0.05, 0) is 11.8 Å². The van der Waals surface area contributed by atoms with Crippen LogP contribution >= 0.6 is 0 Å². The summed E-state index contributed by atoms with van der Waals surface area (Å²) in [6.45, 7) is 8.01. The van der Waals surface area contributed by atoms with Crippen molar-refractivity contribution >= 4 is 12.2 Å². The molecular weight excluding hydrogens is 310 g/mol. The van der Waals surface area contributed by atoms with Crippen LogP contribution in [0.2, 0.25) is 0 Å². The summed E-state index contributed by atoms with van der Waals surface area (Å²) in [4.78, 5) is 22.3. The third-order valence-electron chi connectivity index (χ3n) is 5.49. The molecule has 0 unspecified atom stereocenters. The predicted octanol–water partition coefficient (Wildman–Crippen LogP) is 6.05.